The van der Waals surface area contributed by atoms with Gasteiger partial charge in [0.2, 0.25) is 0 Å². The minimum atomic E-state index is -0.579. The van der Waals surface area contributed by atoms with E-state index in [4.69, 9.17) is 4.74 Å². The van der Waals surface area contributed by atoms with Crippen LogP contribution in [0.3, 0.4) is 0 Å². The van der Waals surface area contributed by atoms with Crippen LogP contribution in [-0.2, 0) is 0 Å². The van der Waals surface area contributed by atoms with Gasteiger partial charge in [0.25, 0.3) is 0 Å². The van der Waals surface area contributed by atoms with Crippen LogP contribution in [0.25, 0.3) is 0 Å². The van der Waals surface area contributed by atoms with E-state index in [0.717, 1.165) is 0 Å². The number of benzene rings is 1. The Balaban J connectivity index is 2.47. The van der Waals surface area contributed by atoms with Crippen LogP contribution in [0.1, 0.15) is 18.1 Å². The van der Waals surface area contributed by atoms with Crippen LogP contribution in [-0.4, -0.2) is 11.7 Å². The molecule has 0 aromatic heterocycles. The minimum Gasteiger partial charge on any atom is -0.493 e. The number of ether oxygens (including phenoxy) is 1. The number of rotatable bonds is 0. The van der Waals surface area contributed by atoms with Crippen molar-refractivity contribution in [3.63, 3.8) is 0 Å². The molecule has 12 heavy (non-hydrogen) atoms. The van der Waals surface area contributed by atoms with Crippen molar-refractivity contribution < 1.29 is 14.2 Å². The lowest BCUT2D eigenvalue weighted by molar-refractivity contribution is 0.115. The van der Waals surface area contributed by atoms with Crippen molar-refractivity contribution in [3.8, 4) is 5.75 Å². The van der Waals surface area contributed by atoms with Crippen LogP contribution in [0.2, 0.25) is 0 Å². The van der Waals surface area contributed by atoms with E-state index in [1.807, 2.05) is 0 Å². The topological polar surface area (TPSA) is 29.5 Å². The van der Waals surface area contributed by atoms with Crippen LogP contribution < -0.4 is 4.74 Å². The summed E-state index contributed by atoms with van der Waals surface area (Å²) in [5.74, 6) is 0.258. The summed E-state index contributed by atoms with van der Waals surface area (Å²) in [5, 5.41) is 9.44. The lowest BCUT2D eigenvalue weighted by Gasteiger charge is -2.21. The fourth-order valence-electron chi connectivity index (χ4n) is 1.35. The molecule has 2 rings (SSSR count). The van der Waals surface area contributed by atoms with Crippen molar-refractivity contribution in [1.29, 1.82) is 0 Å². The van der Waals surface area contributed by atoms with Gasteiger partial charge in [0.05, 0.1) is 12.7 Å². The number of halogens is 1. The first-order chi connectivity index (χ1) is 5.77. The Bertz CT molecular complexity index is 299. The highest BCUT2D eigenvalue weighted by atomic mass is 19.1. The van der Waals surface area contributed by atoms with Crippen LogP contribution in [0, 0.1) is 5.82 Å². The van der Waals surface area contributed by atoms with Crippen molar-refractivity contribution in [2.75, 3.05) is 6.61 Å². The molecule has 1 N–H and O–H groups in total. The molecule has 2 nitrogen and oxygen atoms in total. The van der Waals surface area contributed by atoms with E-state index < -0.39 is 6.10 Å². The number of hydrogen-bond acceptors (Lipinski definition) is 2. The highest BCUT2D eigenvalue weighted by Gasteiger charge is 2.19. The molecule has 1 aliphatic heterocycles. The maximum absolute atomic E-state index is 12.7. The van der Waals surface area contributed by atoms with Gasteiger partial charge in [0, 0.05) is 12.0 Å². The van der Waals surface area contributed by atoms with Gasteiger partial charge in [-0.1, -0.05) is 0 Å². The molecule has 1 heterocycles. The molecule has 0 saturated carbocycles. The van der Waals surface area contributed by atoms with Gasteiger partial charge in [0.15, 0.2) is 0 Å². The third-order valence-electron chi connectivity index (χ3n) is 1.98. The maximum atomic E-state index is 12.7. The van der Waals surface area contributed by atoms with Crippen LogP contribution in [0.5, 0.6) is 5.75 Å². The van der Waals surface area contributed by atoms with E-state index in [2.05, 4.69) is 0 Å². The second-order valence-electron chi connectivity index (χ2n) is 2.84. The van der Waals surface area contributed by atoms with Crippen molar-refractivity contribution in [2.45, 2.75) is 12.5 Å². The van der Waals surface area contributed by atoms with Gasteiger partial charge in [-0.3, -0.25) is 0 Å². The monoisotopic (exact) mass is 168 g/mol. The summed E-state index contributed by atoms with van der Waals surface area (Å²) in [6.07, 6.45) is -0.0411. The Morgan fingerprint density at radius 3 is 3.17 bits per heavy atom. The Hall–Kier alpha value is -1.09. The molecule has 0 spiro atoms. The average Bonchev–Trinajstić information content (AvgIpc) is 2.07. The summed E-state index contributed by atoms with van der Waals surface area (Å²) in [7, 11) is 0. The molecule has 1 aromatic carbocycles. The fourth-order valence-corrected chi connectivity index (χ4v) is 1.35. The molecule has 1 aromatic rings. The predicted octanol–water partition coefficient (Wildman–Crippen LogP) is 1.64. The SMILES string of the molecule is O[C@H]1CCOc2ccc(F)cc21. The minimum absolute atomic E-state index is 0.335. The van der Waals surface area contributed by atoms with Gasteiger partial charge < -0.3 is 9.84 Å². The molecule has 64 valence electrons. The van der Waals surface area contributed by atoms with Crippen molar-refractivity contribution in [3.05, 3.63) is 29.6 Å². The Labute approximate surface area is 69.6 Å². The van der Waals surface area contributed by atoms with Gasteiger partial charge in [-0.25, -0.2) is 4.39 Å². The Kier molecular flexibility index (Phi) is 1.73. The van der Waals surface area contributed by atoms with Gasteiger partial charge in [-0.05, 0) is 18.2 Å². The zero-order valence-electron chi connectivity index (χ0n) is 6.46. The number of hydrogen-bond donors (Lipinski definition) is 1. The molecule has 0 amide bonds. The number of aliphatic hydroxyl groups excluding tert-OH is 1. The zero-order chi connectivity index (χ0) is 8.55. The summed E-state index contributed by atoms with van der Waals surface area (Å²) in [6, 6.07) is 4.20. The van der Waals surface area contributed by atoms with Gasteiger partial charge in [-0.2, -0.15) is 0 Å². The molecule has 0 saturated heterocycles. The number of aliphatic hydroxyl groups is 1. The van der Waals surface area contributed by atoms with Gasteiger partial charge >= 0.3 is 0 Å². The van der Waals surface area contributed by atoms with E-state index in [9.17, 15) is 9.50 Å². The second-order valence-corrected chi connectivity index (χ2v) is 2.84. The Morgan fingerprint density at radius 1 is 1.50 bits per heavy atom. The van der Waals surface area contributed by atoms with E-state index in [-0.39, 0.29) is 5.82 Å². The van der Waals surface area contributed by atoms with Crippen molar-refractivity contribution in [1.82, 2.24) is 0 Å². The second kappa shape index (κ2) is 2.75. The normalized spacial score (nSPS) is 21.3. The molecule has 0 fully saturated rings. The first-order valence-electron chi connectivity index (χ1n) is 3.87. The maximum Gasteiger partial charge on any atom is 0.125 e. The lowest BCUT2D eigenvalue weighted by atomic mass is 10.0. The molecule has 0 radical (unpaired) electrons. The average molecular weight is 168 g/mol. The van der Waals surface area contributed by atoms with Crippen LogP contribution in [0.15, 0.2) is 18.2 Å². The van der Waals surface area contributed by atoms with Crippen molar-refractivity contribution in [2.24, 2.45) is 0 Å². The third kappa shape index (κ3) is 1.16. The van der Waals surface area contributed by atoms with Gasteiger partial charge in [0.1, 0.15) is 11.6 Å². The quantitative estimate of drug-likeness (QED) is 0.638. The third-order valence-corrected chi connectivity index (χ3v) is 1.98. The summed E-state index contributed by atoms with van der Waals surface area (Å²) in [4.78, 5) is 0. The summed E-state index contributed by atoms with van der Waals surface area (Å²) < 4.78 is 17.9. The standard InChI is InChI=1S/C9H9FO2/c10-6-1-2-9-7(5-6)8(11)3-4-12-9/h1-2,5,8,11H,3-4H2/t8-/m0/s1. The first-order valence-corrected chi connectivity index (χ1v) is 3.87. The van der Waals surface area contributed by atoms with Crippen LogP contribution in [0.4, 0.5) is 4.39 Å². The van der Waals surface area contributed by atoms with E-state index in [0.29, 0.717) is 24.3 Å². The van der Waals surface area contributed by atoms with Gasteiger partial charge in [-0.15, -0.1) is 0 Å². The molecule has 0 aliphatic carbocycles. The summed E-state index contributed by atoms with van der Waals surface area (Å²) in [6.45, 7) is 0.500. The zero-order valence-corrected chi connectivity index (χ0v) is 6.46. The predicted molar refractivity (Wildman–Crippen MR) is 41.5 cm³/mol. The summed E-state index contributed by atoms with van der Waals surface area (Å²) >= 11 is 0. The fraction of sp³-hybridized carbons (Fsp3) is 0.333. The molecular formula is C9H9FO2. The largest absolute Gasteiger partial charge is 0.493 e. The van der Waals surface area contributed by atoms with Crippen molar-refractivity contribution >= 4 is 0 Å². The van der Waals surface area contributed by atoms with E-state index >= 15 is 0 Å². The lowest BCUT2D eigenvalue weighted by Crippen LogP contribution is -2.13. The summed E-state index contributed by atoms with van der Waals surface area (Å²) in [5.41, 5.74) is 0.557. The number of fused-ring (bicyclic) bond motifs is 1. The van der Waals surface area contributed by atoms with E-state index in [1.165, 1.54) is 12.1 Å². The molecular weight excluding hydrogens is 159 g/mol. The van der Waals surface area contributed by atoms with E-state index in [1.54, 1.807) is 6.07 Å². The molecule has 0 unspecified atom stereocenters. The highest BCUT2D eigenvalue weighted by molar-refractivity contribution is 5.36. The molecule has 1 atom stereocenters. The highest BCUT2D eigenvalue weighted by Crippen LogP contribution is 2.31. The molecule has 3 heteroatoms. The smallest absolute Gasteiger partial charge is 0.125 e. The first kappa shape index (κ1) is 7.55. The molecule has 0 bridgehead atoms. The van der Waals surface area contributed by atoms with Crippen LogP contribution >= 0.6 is 0 Å². The Morgan fingerprint density at radius 2 is 2.33 bits per heavy atom. The molecule has 1 aliphatic rings.